The standard InChI is InChI=1S/C23H27F2N5O4/c1-10-8-34-20-12(7-13(24)18-19(20)30(10)21(28-18)23(3,4)32)17-16(25)11(2)26-22(29-17)27-14-5-6-33-9-15(14)31/h7,10,14-15,31-32H,5-6,8-9H2,1-4H3,(H,26,27,29)/t10-,14+,15+/m0/s1. The van der Waals surface area contributed by atoms with Gasteiger partial charge in [0.2, 0.25) is 5.95 Å². The van der Waals surface area contributed by atoms with Gasteiger partial charge in [0.25, 0.3) is 0 Å². The average molecular weight is 475 g/mol. The van der Waals surface area contributed by atoms with Crippen LogP contribution >= 0.6 is 0 Å². The summed E-state index contributed by atoms with van der Waals surface area (Å²) in [6.07, 6.45) is -0.234. The lowest BCUT2D eigenvalue weighted by Crippen LogP contribution is -2.42. The Morgan fingerprint density at radius 2 is 1.97 bits per heavy atom. The van der Waals surface area contributed by atoms with Gasteiger partial charge in [-0.1, -0.05) is 0 Å². The van der Waals surface area contributed by atoms with Crippen LogP contribution in [0.15, 0.2) is 6.07 Å². The molecule has 5 rings (SSSR count). The number of nitrogens with one attached hydrogen (secondary N) is 1. The van der Waals surface area contributed by atoms with E-state index in [-0.39, 0.29) is 59.5 Å². The number of aromatic nitrogens is 4. The van der Waals surface area contributed by atoms with E-state index in [1.807, 2.05) is 6.92 Å². The molecule has 1 fully saturated rings. The lowest BCUT2D eigenvalue weighted by atomic mass is 10.0. The molecule has 0 bridgehead atoms. The molecule has 3 N–H and O–H groups in total. The van der Waals surface area contributed by atoms with E-state index < -0.39 is 23.3 Å². The zero-order valence-electron chi connectivity index (χ0n) is 19.4. The van der Waals surface area contributed by atoms with E-state index in [9.17, 15) is 10.2 Å². The summed E-state index contributed by atoms with van der Waals surface area (Å²) >= 11 is 0. The SMILES string of the molecule is Cc1nc(N[C@@H]2CCOC[C@H]2O)nc(-c2cc(F)c3nc(C(C)(C)O)n4c3c2OC[C@@H]4C)c1F. The second-order valence-corrected chi connectivity index (χ2v) is 9.43. The summed E-state index contributed by atoms with van der Waals surface area (Å²) in [6.45, 7) is 7.39. The first kappa shape index (κ1) is 22.9. The van der Waals surface area contributed by atoms with Gasteiger partial charge in [-0.3, -0.25) is 0 Å². The summed E-state index contributed by atoms with van der Waals surface area (Å²) in [5.74, 6) is -0.732. The van der Waals surface area contributed by atoms with Gasteiger partial charge in [-0.2, -0.15) is 0 Å². The monoisotopic (exact) mass is 475 g/mol. The van der Waals surface area contributed by atoms with Crippen LogP contribution in [-0.4, -0.2) is 61.7 Å². The van der Waals surface area contributed by atoms with E-state index in [4.69, 9.17) is 9.47 Å². The number of benzene rings is 1. The summed E-state index contributed by atoms with van der Waals surface area (Å²) in [7, 11) is 0. The second kappa shape index (κ2) is 8.10. The van der Waals surface area contributed by atoms with Crippen LogP contribution in [0.1, 0.15) is 44.8 Å². The molecule has 1 saturated heterocycles. The van der Waals surface area contributed by atoms with Crippen molar-refractivity contribution in [2.75, 3.05) is 25.1 Å². The van der Waals surface area contributed by atoms with E-state index >= 15 is 8.78 Å². The van der Waals surface area contributed by atoms with Gasteiger partial charge in [-0.25, -0.2) is 23.7 Å². The maximum atomic E-state index is 15.3. The Labute approximate surface area is 194 Å². The van der Waals surface area contributed by atoms with Gasteiger partial charge in [0.05, 0.1) is 36.1 Å². The highest BCUT2D eigenvalue weighted by molar-refractivity contribution is 5.92. The molecule has 3 atom stereocenters. The first-order chi connectivity index (χ1) is 16.1. The smallest absolute Gasteiger partial charge is 0.223 e. The van der Waals surface area contributed by atoms with Crippen LogP contribution in [0.5, 0.6) is 5.75 Å². The third-order valence-corrected chi connectivity index (χ3v) is 6.24. The van der Waals surface area contributed by atoms with Crippen LogP contribution in [0.2, 0.25) is 0 Å². The predicted molar refractivity (Wildman–Crippen MR) is 120 cm³/mol. The Kier molecular flexibility index (Phi) is 5.45. The molecular formula is C23H27F2N5O4. The molecule has 182 valence electrons. The fourth-order valence-corrected chi connectivity index (χ4v) is 4.52. The van der Waals surface area contributed by atoms with Crippen LogP contribution < -0.4 is 10.1 Å². The van der Waals surface area contributed by atoms with Gasteiger partial charge in [0, 0.05) is 6.61 Å². The number of imidazole rings is 1. The molecule has 1 aromatic carbocycles. The minimum Gasteiger partial charge on any atom is -0.488 e. The van der Waals surface area contributed by atoms with E-state index in [1.54, 1.807) is 18.4 Å². The number of aliphatic hydroxyl groups excluding tert-OH is 1. The Bertz CT molecular complexity index is 1270. The first-order valence-corrected chi connectivity index (χ1v) is 11.2. The van der Waals surface area contributed by atoms with Crippen LogP contribution in [0, 0.1) is 18.6 Å². The molecule has 0 radical (unpaired) electrons. The van der Waals surface area contributed by atoms with Crippen molar-refractivity contribution in [3.63, 3.8) is 0 Å². The maximum Gasteiger partial charge on any atom is 0.223 e. The van der Waals surface area contributed by atoms with Crippen molar-refractivity contribution in [3.8, 4) is 17.0 Å². The van der Waals surface area contributed by atoms with Gasteiger partial charge in [-0.15, -0.1) is 0 Å². The molecule has 11 heteroatoms. The molecule has 2 aliphatic rings. The van der Waals surface area contributed by atoms with Crippen molar-refractivity contribution in [3.05, 3.63) is 29.2 Å². The highest BCUT2D eigenvalue weighted by atomic mass is 19.1. The highest BCUT2D eigenvalue weighted by Crippen LogP contribution is 2.44. The molecule has 34 heavy (non-hydrogen) atoms. The lowest BCUT2D eigenvalue weighted by molar-refractivity contribution is -0.0136. The van der Waals surface area contributed by atoms with Gasteiger partial charge in [-0.05, 0) is 40.2 Å². The number of anilines is 1. The van der Waals surface area contributed by atoms with E-state index in [1.165, 1.54) is 6.92 Å². The minimum absolute atomic E-state index is 0.0392. The van der Waals surface area contributed by atoms with Gasteiger partial charge >= 0.3 is 0 Å². The van der Waals surface area contributed by atoms with E-state index in [0.717, 1.165) is 6.07 Å². The second-order valence-electron chi connectivity index (χ2n) is 9.43. The quantitative estimate of drug-likeness (QED) is 0.528. The van der Waals surface area contributed by atoms with Crippen molar-refractivity contribution in [1.29, 1.82) is 0 Å². The van der Waals surface area contributed by atoms with Crippen molar-refractivity contribution in [1.82, 2.24) is 19.5 Å². The summed E-state index contributed by atoms with van der Waals surface area (Å²) in [5.41, 5.74) is -0.879. The molecule has 2 aromatic heterocycles. The molecule has 3 aromatic rings. The number of ether oxygens (including phenoxy) is 2. The van der Waals surface area contributed by atoms with Gasteiger partial charge < -0.3 is 29.6 Å². The van der Waals surface area contributed by atoms with Gasteiger partial charge in [0.15, 0.2) is 17.4 Å². The Morgan fingerprint density at radius 3 is 2.68 bits per heavy atom. The Hall–Kier alpha value is -2.89. The summed E-state index contributed by atoms with van der Waals surface area (Å²) < 4.78 is 43.5. The highest BCUT2D eigenvalue weighted by Gasteiger charge is 2.35. The van der Waals surface area contributed by atoms with Crippen LogP contribution in [0.3, 0.4) is 0 Å². The molecule has 0 aliphatic carbocycles. The fraction of sp³-hybridized carbons (Fsp3) is 0.522. The van der Waals surface area contributed by atoms with Crippen molar-refractivity contribution in [2.45, 2.75) is 57.9 Å². The fourth-order valence-electron chi connectivity index (χ4n) is 4.52. The predicted octanol–water partition coefficient (Wildman–Crippen LogP) is 2.82. The molecule has 0 unspecified atom stereocenters. The number of rotatable bonds is 4. The third kappa shape index (κ3) is 3.68. The molecule has 2 aliphatic heterocycles. The van der Waals surface area contributed by atoms with Crippen molar-refractivity contribution < 1.29 is 28.5 Å². The Morgan fingerprint density at radius 1 is 1.21 bits per heavy atom. The summed E-state index contributed by atoms with van der Waals surface area (Å²) in [4.78, 5) is 12.9. The average Bonchev–Trinajstić information content (AvgIpc) is 3.19. The maximum absolute atomic E-state index is 15.3. The lowest BCUT2D eigenvalue weighted by Gasteiger charge is -2.29. The molecular weight excluding hydrogens is 448 g/mol. The van der Waals surface area contributed by atoms with Crippen LogP contribution in [0.4, 0.5) is 14.7 Å². The van der Waals surface area contributed by atoms with E-state index in [0.29, 0.717) is 24.4 Å². The first-order valence-electron chi connectivity index (χ1n) is 11.2. The molecule has 0 amide bonds. The third-order valence-electron chi connectivity index (χ3n) is 6.24. The minimum atomic E-state index is -1.33. The molecule has 0 spiro atoms. The van der Waals surface area contributed by atoms with Crippen LogP contribution in [0.25, 0.3) is 22.3 Å². The van der Waals surface area contributed by atoms with E-state index in [2.05, 4.69) is 20.3 Å². The summed E-state index contributed by atoms with van der Waals surface area (Å²) in [6, 6.07) is 0.562. The summed E-state index contributed by atoms with van der Waals surface area (Å²) in [5, 5.41) is 23.9. The zero-order valence-corrected chi connectivity index (χ0v) is 19.4. The zero-order chi connectivity index (χ0) is 24.4. The number of aryl methyl sites for hydroxylation is 1. The Balaban J connectivity index is 1.69. The number of aliphatic hydroxyl groups is 2. The van der Waals surface area contributed by atoms with Crippen molar-refractivity contribution in [2.24, 2.45) is 0 Å². The molecule has 9 nitrogen and oxygen atoms in total. The van der Waals surface area contributed by atoms with Crippen molar-refractivity contribution >= 4 is 17.0 Å². The topological polar surface area (TPSA) is 115 Å². The number of nitrogens with zero attached hydrogens (tertiary/aromatic N) is 4. The molecule has 0 saturated carbocycles. The number of halogens is 2. The number of hydrogen-bond acceptors (Lipinski definition) is 8. The van der Waals surface area contributed by atoms with Gasteiger partial charge in [0.1, 0.15) is 34.8 Å². The normalized spacial score (nSPS) is 22.6. The number of hydrogen-bond donors (Lipinski definition) is 3. The van der Waals surface area contributed by atoms with Crippen LogP contribution in [-0.2, 0) is 10.3 Å². The molecule has 4 heterocycles. The largest absolute Gasteiger partial charge is 0.488 e.